The Hall–Kier alpha value is -2.94. The lowest BCUT2D eigenvalue weighted by Gasteiger charge is -2.33. The number of carbonyl (C=O) groups is 4. The van der Waals surface area contributed by atoms with Crippen LogP contribution in [0.2, 0.25) is 0 Å². The van der Waals surface area contributed by atoms with Crippen LogP contribution in [0.15, 0.2) is 24.3 Å². The third-order valence-corrected chi connectivity index (χ3v) is 4.62. The molecule has 9 heteroatoms. The second-order valence-corrected chi connectivity index (χ2v) is 7.12. The third kappa shape index (κ3) is 5.78. The highest BCUT2D eigenvalue weighted by atomic mass is 16.2. The fraction of sp³-hybridized carbons (Fsp3) is 0.474. The predicted molar refractivity (Wildman–Crippen MR) is 104 cm³/mol. The first-order valence-electron chi connectivity index (χ1n) is 9.40. The summed E-state index contributed by atoms with van der Waals surface area (Å²) < 4.78 is 0. The number of amides is 4. The molecule has 1 saturated heterocycles. The number of rotatable bonds is 5. The van der Waals surface area contributed by atoms with Gasteiger partial charge in [-0.25, -0.2) is 0 Å². The largest absolute Gasteiger partial charge is 0.345 e. The van der Waals surface area contributed by atoms with Gasteiger partial charge in [-0.3, -0.25) is 24.1 Å². The lowest BCUT2D eigenvalue weighted by Crippen LogP contribution is -2.53. The van der Waals surface area contributed by atoms with Crippen LogP contribution >= 0.6 is 0 Å². The molecular formula is C19H25N5O4. The lowest BCUT2D eigenvalue weighted by atomic mass is 10.2. The third-order valence-electron chi connectivity index (χ3n) is 4.62. The topological polar surface area (TPSA) is 111 Å². The number of hydrogen-bond donors (Lipinski definition) is 3. The van der Waals surface area contributed by atoms with Crippen molar-refractivity contribution in [2.75, 3.05) is 43.4 Å². The van der Waals surface area contributed by atoms with Crippen molar-refractivity contribution in [2.24, 2.45) is 0 Å². The highest BCUT2D eigenvalue weighted by molar-refractivity contribution is 6.35. The van der Waals surface area contributed by atoms with Crippen molar-refractivity contribution in [1.82, 2.24) is 15.1 Å². The average Bonchev–Trinajstić information content (AvgIpc) is 3.47. The highest BCUT2D eigenvalue weighted by Crippen LogP contribution is 2.18. The number of hydrogen-bond acceptors (Lipinski definition) is 5. The van der Waals surface area contributed by atoms with Crippen molar-refractivity contribution in [3.05, 3.63) is 24.3 Å². The van der Waals surface area contributed by atoms with Gasteiger partial charge >= 0.3 is 11.8 Å². The summed E-state index contributed by atoms with van der Waals surface area (Å²) in [7, 11) is 0. The van der Waals surface area contributed by atoms with Gasteiger partial charge in [-0.2, -0.15) is 0 Å². The zero-order chi connectivity index (χ0) is 20.1. The van der Waals surface area contributed by atoms with Gasteiger partial charge in [0.05, 0.1) is 6.54 Å². The summed E-state index contributed by atoms with van der Waals surface area (Å²) in [4.78, 5) is 50.7. The van der Waals surface area contributed by atoms with E-state index in [-0.39, 0.29) is 24.4 Å². The van der Waals surface area contributed by atoms with E-state index in [1.165, 1.54) is 11.8 Å². The van der Waals surface area contributed by atoms with E-state index in [2.05, 4.69) is 16.0 Å². The summed E-state index contributed by atoms with van der Waals surface area (Å²) in [6.45, 7) is 3.58. The number of benzene rings is 1. The van der Waals surface area contributed by atoms with Gasteiger partial charge in [-0.05, 0) is 37.1 Å². The van der Waals surface area contributed by atoms with Crippen molar-refractivity contribution in [3.8, 4) is 0 Å². The van der Waals surface area contributed by atoms with Crippen molar-refractivity contribution in [2.45, 2.75) is 25.8 Å². The zero-order valence-electron chi connectivity index (χ0n) is 15.9. The van der Waals surface area contributed by atoms with Crippen LogP contribution in [0.5, 0.6) is 0 Å². The Bertz CT molecular complexity index is 752. The van der Waals surface area contributed by atoms with Crippen molar-refractivity contribution >= 4 is 35.0 Å². The number of nitrogens with one attached hydrogen (secondary N) is 3. The van der Waals surface area contributed by atoms with Crippen molar-refractivity contribution < 1.29 is 19.2 Å². The number of anilines is 2. The molecule has 150 valence electrons. The van der Waals surface area contributed by atoms with E-state index in [4.69, 9.17) is 0 Å². The maximum atomic E-state index is 12.2. The second-order valence-electron chi connectivity index (χ2n) is 7.12. The summed E-state index contributed by atoms with van der Waals surface area (Å²) in [5.74, 6) is -1.33. The van der Waals surface area contributed by atoms with Gasteiger partial charge in [-0.1, -0.05) is 0 Å². The highest BCUT2D eigenvalue weighted by Gasteiger charge is 2.30. The van der Waals surface area contributed by atoms with Crippen LogP contribution in [0, 0.1) is 0 Å². The number of piperazine rings is 1. The van der Waals surface area contributed by atoms with Crippen LogP contribution in [0.3, 0.4) is 0 Å². The smallest absolute Gasteiger partial charge is 0.311 e. The minimum atomic E-state index is -0.531. The minimum absolute atomic E-state index is 0.153. The maximum Gasteiger partial charge on any atom is 0.311 e. The summed E-state index contributed by atoms with van der Waals surface area (Å²) in [5.41, 5.74) is 1.31. The number of nitrogens with zero attached hydrogens (tertiary/aromatic N) is 2. The van der Waals surface area contributed by atoms with E-state index in [1.54, 1.807) is 24.3 Å². The van der Waals surface area contributed by atoms with Crippen LogP contribution in [0.25, 0.3) is 0 Å². The predicted octanol–water partition coefficient (Wildman–Crippen LogP) is 0.00630. The molecule has 1 saturated carbocycles. The molecular weight excluding hydrogens is 362 g/mol. The molecule has 0 bridgehead atoms. The Morgan fingerprint density at radius 1 is 0.929 bits per heavy atom. The molecule has 0 spiro atoms. The second kappa shape index (κ2) is 8.83. The van der Waals surface area contributed by atoms with Crippen LogP contribution in [0.4, 0.5) is 11.4 Å². The Morgan fingerprint density at radius 3 is 2.04 bits per heavy atom. The molecule has 4 amide bonds. The molecule has 0 unspecified atom stereocenters. The van der Waals surface area contributed by atoms with Gasteiger partial charge in [0.1, 0.15) is 0 Å². The van der Waals surface area contributed by atoms with Crippen molar-refractivity contribution in [3.63, 3.8) is 0 Å². The molecule has 3 rings (SSSR count). The molecule has 2 fully saturated rings. The summed E-state index contributed by atoms with van der Waals surface area (Å²) in [5, 5.41) is 8.18. The fourth-order valence-electron chi connectivity index (χ4n) is 2.97. The Kier molecular flexibility index (Phi) is 6.25. The van der Waals surface area contributed by atoms with E-state index < -0.39 is 11.8 Å². The molecule has 1 heterocycles. The van der Waals surface area contributed by atoms with Crippen LogP contribution in [-0.2, 0) is 19.2 Å². The quantitative estimate of drug-likeness (QED) is 0.616. The van der Waals surface area contributed by atoms with Crippen LogP contribution in [-0.4, -0.2) is 72.2 Å². The Balaban J connectivity index is 1.40. The molecule has 0 aromatic heterocycles. The first-order valence-corrected chi connectivity index (χ1v) is 9.40. The standard InChI is InChI=1S/C19H25N5O4/c1-13(25)20-14-2-4-15(5-3-14)21-17(26)12-23-8-10-24(11-9-23)19(28)18(27)22-16-6-7-16/h2-5,16H,6-12H2,1H3,(H,20,25)(H,21,26)(H,22,27). The Labute approximate surface area is 163 Å². The molecule has 1 aliphatic carbocycles. The summed E-state index contributed by atoms with van der Waals surface area (Å²) in [6, 6.07) is 7.03. The lowest BCUT2D eigenvalue weighted by molar-refractivity contribution is -0.147. The molecule has 0 atom stereocenters. The molecule has 2 aliphatic rings. The molecule has 28 heavy (non-hydrogen) atoms. The van der Waals surface area contributed by atoms with Gasteiger partial charge in [0.15, 0.2) is 0 Å². The van der Waals surface area contributed by atoms with Gasteiger partial charge in [0, 0.05) is 50.5 Å². The van der Waals surface area contributed by atoms with Gasteiger partial charge in [0.2, 0.25) is 11.8 Å². The number of carbonyl (C=O) groups excluding carboxylic acids is 4. The van der Waals surface area contributed by atoms with Gasteiger partial charge in [-0.15, -0.1) is 0 Å². The van der Waals surface area contributed by atoms with Crippen LogP contribution < -0.4 is 16.0 Å². The van der Waals surface area contributed by atoms with E-state index in [0.29, 0.717) is 37.6 Å². The molecule has 1 aromatic rings. The molecule has 3 N–H and O–H groups in total. The SMILES string of the molecule is CC(=O)Nc1ccc(NC(=O)CN2CCN(C(=O)C(=O)NC3CC3)CC2)cc1. The van der Waals surface area contributed by atoms with E-state index in [1.807, 2.05) is 4.90 Å². The average molecular weight is 387 g/mol. The van der Waals surface area contributed by atoms with Crippen LogP contribution in [0.1, 0.15) is 19.8 Å². The van der Waals surface area contributed by atoms with E-state index in [0.717, 1.165) is 12.8 Å². The molecule has 1 aliphatic heterocycles. The van der Waals surface area contributed by atoms with E-state index in [9.17, 15) is 19.2 Å². The maximum absolute atomic E-state index is 12.2. The monoisotopic (exact) mass is 387 g/mol. The summed E-state index contributed by atoms with van der Waals surface area (Å²) in [6.07, 6.45) is 1.88. The Morgan fingerprint density at radius 2 is 1.50 bits per heavy atom. The molecule has 0 radical (unpaired) electrons. The molecule has 1 aromatic carbocycles. The van der Waals surface area contributed by atoms with Gasteiger partial charge < -0.3 is 20.9 Å². The summed E-state index contributed by atoms with van der Waals surface area (Å²) >= 11 is 0. The first-order chi connectivity index (χ1) is 13.4. The fourth-order valence-corrected chi connectivity index (χ4v) is 2.97. The van der Waals surface area contributed by atoms with Gasteiger partial charge in [0.25, 0.3) is 0 Å². The van der Waals surface area contributed by atoms with E-state index >= 15 is 0 Å². The molecule has 9 nitrogen and oxygen atoms in total. The first kappa shape index (κ1) is 19.8. The minimum Gasteiger partial charge on any atom is -0.345 e. The zero-order valence-corrected chi connectivity index (χ0v) is 15.9. The van der Waals surface area contributed by atoms with Crippen molar-refractivity contribution in [1.29, 1.82) is 0 Å². The normalized spacial score (nSPS) is 17.0.